The number of aromatic amines is 1. The maximum Gasteiger partial charge on any atom is 0.416 e. The van der Waals surface area contributed by atoms with Gasteiger partial charge < -0.3 is 5.32 Å². The number of fused-ring (bicyclic) bond motifs is 1. The third-order valence-electron chi connectivity index (χ3n) is 2.46. The van der Waals surface area contributed by atoms with Gasteiger partial charge in [0.1, 0.15) is 0 Å². The van der Waals surface area contributed by atoms with Crippen molar-refractivity contribution in [2.45, 2.75) is 6.18 Å². The summed E-state index contributed by atoms with van der Waals surface area (Å²) >= 11 is 1.28. The Hall–Kier alpha value is -2.09. The van der Waals surface area contributed by atoms with E-state index in [1.807, 2.05) is 0 Å². The molecule has 0 saturated heterocycles. The van der Waals surface area contributed by atoms with Crippen LogP contribution in [0.2, 0.25) is 0 Å². The summed E-state index contributed by atoms with van der Waals surface area (Å²) in [6.07, 6.45) is -1.16. The van der Waals surface area contributed by atoms with Crippen molar-refractivity contribution in [2.75, 3.05) is 5.32 Å². The standard InChI is InChI=1S/C11H7F3N4S/c12-11(13,14)6-1-2-9-8(3-6)18-10(19-9)17-7-4-15-16-5-7/h1-5H,(H,15,16)(H,17,18). The molecule has 3 aromatic rings. The van der Waals surface area contributed by atoms with Gasteiger partial charge in [-0.1, -0.05) is 11.3 Å². The van der Waals surface area contributed by atoms with Crippen LogP contribution < -0.4 is 5.32 Å². The molecule has 0 bridgehead atoms. The maximum atomic E-state index is 12.6. The molecule has 0 aliphatic heterocycles. The minimum atomic E-state index is -4.35. The van der Waals surface area contributed by atoms with Gasteiger partial charge in [-0.3, -0.25) is 5.10 Å². The number of anilines is 2. The molecule has 0 saturated carbocycles. The van der Waals surface area contributed by atoms with Crippen LogP contribution >= 0.6 is 11.3 Å². The Balaban J connectivity index is 1.97. The zero-order valence-corrected chi connectivity index (χ0v) is 10.1. The lowest BCUT2D eigenvalue weighted by atomic mass is 10.2. The highest BCUT2D eigenvalue weighted by atomic mass is 32.1. The summed E-state index contributed by atoms with van der Waals surface area (Å²) < 4.78 is 38.4. The van der Waals surface area contributed by atoms with Gasteiger partial charge in [-0.05, 0) is 18.2 Å². The first kappa shape index (κ1) is 12.0. The average molecular weight is 284 g/mol. The van der Waals surface area contributed by atoms with Crippen LogP contribution in [0.4, 0.5) is 24.0 Å². The molecule has 0 radical (unpaired) electrons. The second-order valence-corrected chi connectivity index (χ2v) is 4.84. The van der Waals surface area contributed by atoms with E-state index in [-0.39, 0.29) is 0 Å². The van der Waals surface area contributed by atoms with Gasteiger partial charge in [0.25, 0.3) is 0 Å². The zero-order chi connectivity index (χ0) is 13.5. The van der Waals surface area contributed by atoms with E-state index in [1.165, 1.54) is 17.4 Å². The average Bonchev–Trinajstić information content (AvgIpc) is 2.95. The number of alkyl halides is 3. The first-order chi connectivity index (χ1) is 9.02. The molecule has 0 atom stereocenters. The highest BCUT2D eigenvalue weighted by Crippen LogP contribution is 2.34. The van der Waals surface area contributed by atoms with Crippen molar-refractivity contribution in [3.63, 3.8) is 0 Å². The number of aromatic nitrogens is 3. The number of halogens is 3. The van der Waals surface area contributed by atoms with Crippen molar-refractivity contribution in [3.05, 3.63) is 36.2 Å². The minimum absolute atomic E-state index is 0.325. The molecule has 19 heavy (non-hydrogen) atoms. The normalized spacial score (nSPS) is 11.9. The fraction of sp³-hybridized carbons (Fsp3) is 0.0909. The van der Waals surface area contributed by atoms with Crippen LogP contribution in [-0.2, 0) is 6.18 Å². The van der Waals surface area contributed by atoms with Gasteiger partial charge in [-0.25, -0.2) is 4.98 Å². The molecular formula is C11H7F3N4S. The Morgan fingerprint density at radius 1 is 1.26 bits per heavy atom. The zero-order valence-electron chi connectivity index (χ0n) is 9.32. The Morgan fingerprint density at radius 2 is 2.11 bits per heavy atom. The molecule has 3 rings (SSSR count). The Bertz CT molecular complexity index is 702. The number of thiazole rings is 1. The molecule has 0 amide bonds. The summed E-state index contributed by atoms with van der Waals surface area (Å²) in [5, 5.41) is 9.88. The van der Waals surface area contributed by atoms with Crippen molar-refractivity contribution in [1.29, 1.82) is 0 Å². The number of benzene rings is 1. The van der Waals surface area contributed by atoms with E-state index in [2.05, 4.69) is 20.5 Å². The smallest absolute Gasteiger partial charge is 0.329 e. The van der Waals surface area contributed by atoms with Crippen molar-refractivity contribution in [1.82, 2.24) is 15.2 Å². The summed E-state index contributed by atoms with van der Waals surface area (Å²) in [4.78, 5) is 4.13. The summed E-state index contributed by atoms with van der Waals surface area (Å²) in [6, 6.07) is 3.53. The number of hydrogen-bond donors (Lipinski definition) is 2. The summed E-state index contributed by atoms with van der Waals surface area (Å²) in [5.41, 5.74) is 0.334. The number of H-pyrrole nitrogens is 1. The van der Waals surface area contributed by atoms with Crippen LogP contribution in [0.1, 0.15) is 5.56 Å². The lowest BCUT2D eigenvalue weighted by Crippen LogP contribution is -2.03. The molecule has 0 unspecified atom stereocenters. The summed E-state index contributed by atoms with van der Waals surface area (Å²) in [7, 11) is 0. The van der Waals surface area contributed by atoms with Crippen LogP contribution in [0.15, 0.2) is 30.6 Å². The molecule has 0 spiro atoms. The highest BCUT2D eigenvalue weighted by Gasteiger charge is 2.30. The Kier molecular flexibility index (Phi) is 2.67. The Labute approximate surface area is 109 Å². The monoisotopic (exact) mass is 284 g/mol. The molecule has 4 nitrogen and oxygen atoms in total. The fourth-order valence-electron chi connectivity index (χ4n) is 1.60. The lowest BCUT2D eigenvalue weighted by molar-refractivity contribution is -0.137. The Morgan fingerprint density at radius 3 is 2.79 bits per heavy atom. The third kappa shape index (κ3) is 2.39. The SMILES string of the molecule is FC(F)(F)c1ccc2sc(Nc3cn[nH]c3)nc2c1. The van der Waals surface area contributed by atoms with Gasteiger partial charge in [-0.15, -0.1) is 0 Å². The summed E-state index contributed by atoms with van der Waals surface area (Å²) in [5.74, 6) is 0. The highest BCUT2D eigenvalue weighted by molar-refractivity contribution is 7.22. The van der Waals surface area contributed by atoms with Gasteiger partial charge in [0.15, 0.2) is 5.13 Å². The van der Waals surface area contributed by atoms with Crippen LogP contribution in [-0.4, -0.2) is 15.2 Å². The van der Waals surface area contributed by atoms with E-state index < -0.39 is 11.7 Å². The first-order valence-corrected chi connectivity index (χ1v) is 6.07. The van der Waals surface area contributed by atoms with Crippen molar-refractivity contribution in [2.24, 2.45) is 0 Å². The van der Waals surface area contributed by atoms with E-state index in [0.29, 0.717) is 21.0 Å². The minimum Gasteiger partial charge on any atom is -0.329 e. The molecule has 98 valence electrons. The molecule has 1 aromatic carbocycles. The molecule has 2 aromatic heterocycles. The first-order valence-electron chi connectivity index (χ1n) is 5.26. The summed E-state index contributed by atoms with van der Waals surface area (Å²) in [6.45, 7) is 0. The third-order valence-corrected chi connectivity index (χ3v) is 3.42. The number of rotatable bonds is 2. The topological polar surface area (TPSA) is 53.6 Å². The van der Waals surface area contributed by atoms with E-state index in [9.17, 15) is 13.2 Å². The molecule has 0 aliphatic rings. The fourth-order valence-corrected chi connectivity index (χ4v) is 2.47. The molecule has 2 N–H and O–H groups in total. The van der Waals surface area contributed by atoms with E-state index in [4.69, 9.17) is 0 Å². The van der Waals surface area contributed by atoms with Crippen LogP contribution in [0.25, 0.3) is 10.2 Å². The van der Waals surface area contributed by atoms with Gasteiger partial charge >= 0.3 is 6.18 Å². The number of nitrogens with zero attached hydrogens (tertiary/aromatic N) is 2. The van der Waals surface area contributed by atoms with E-state index in [0.717, 1.165) is 12.1 Å². The second-order valence-electron chi connectivity index (χ2n) is 3.81. The second kappa shape index (κ2) is 4.23. The van der Waals surface area contributed by atoms with Crippen LogP contribution in [0.3, 0.4) is 0 Å². The molecule has 8 heteroatoms. The predicted molar refractivity (Wildman–Crippen MR) is 66.5 cm³/mol. The van der Waals surface area contributed by atoms with E-state index >= 15 is 0 Å². The molecular weight excluding hydrogens is 277 g/mol. The molecule has 0 fully saturated rings. The van der Waals surface area contributed by atoms with Gasteiger partial charge in [0.05, 0.1) is 27.7 Å². The predicted octanol–water partition coefficient (Wildman–Crippen LogP) is 3.78. The maximum absolute atomic E-state index is 12.6. The largest absolute Gasteiger partial charge is 0.416 e. The number of nitrogens with one attached hydrogen (secondary N) is 2. The van der Waals surface area contributed by atoms with Crippen LogP contribution in [0.5, 0.6) is 0 Å². The van der Waals surface area contributed by atoms with Crippen LogP contribution in [0, 0.1) is 0 Å². The lowest BCUT2D eigenvalue weighted by Gasteiger charge is -2.04. The molecule has 2 heterocycles. The van der Waals surface area contributed by atoms with Crippen molar-refractivity contribution >= 4 is 32.4 Å². The number of hydrogen-bond acceptors (Lipinski definition) is 4. The van der Waals surface area contributed by atoms with Crippen molar-refractivity contribution in [3.8, 4) is 0 Å². The van der Waals surface area contributed by atoms with Gasteiger partial charge in [0.2, 0.25) is 0 Å². The van der Waals surface area contributed by atoms with Gasteiger partial charge in [0, 0.05) is 6.20 Å². The van der Waals surface area contributed by atoms with Crippen molar-refractivity contribution < 1.29 is 13.2 Å². The quantitative estimate of drug-likeness (QED) is 0.753. The van der Waals surface area contributed by atoms with Gasteiger partial charge in [-0.2, -0.15) is 18.3 Å². The van der Waals surface area contributed by atoms with E-state index in [1.54, 1.807) is 12.4 Å². The molecule has 0 aliphatic carbocycles.